The molecule has 3 aromatic carbocycles. The van der Waals surface area contributed by atoms with E-state index >= 15 is 0 Å². The maximum Gasteiger partial charge on any atom is 0.405 e. The number of fused-ring (bicyclic) bond motifs is 2. The number of anilines is 1. The molecule has 16 heteroatoms. The fourth-order valence-corrected chi connectivity index (χ4v) is 11.5. The number of benzene rings is 3. The van der Waals surface area contributed by atoms with Gasteiger partial charge in [0.1, 0.15) is 11.1 Å². The van der Waals surface area contributed by atoms with Gasteiger partial charge in [0.15, 0.2) is 11.9 Å². The number of rotatable bonds is 13. The van der Waals surface area contributed by atoms with Gasteiger partial charge in [0.25, 0.3) is 15.6 Å². The topological polar surface area (TPSA) is 173 Å². The molecule has 1 aliphatic carbocycles. The molecule has 3 saturated heterocycles. The Morgan fingerprint density at radius 3 is 2.34 bits per heavy atom. The zero-order chi connectivity index (χ0) is 46.5. The molecule has 2 unspecified atom stereocenters. The highest BCUT2D eigenvalue weighted by Crippen LogP contribution is 2.44. The maximum absolute atomic E-state index is 14.1. The Hall–Kier alpha value is -5.65. The van der Waals surface area contributed by atoms with Gasteiger partial charge in [0.05, 0.1) is 28.8 Å². The van der Waals surface area contributed by atoms with Crippen LogP contribution in [-0.2, 0) is 41.6 Å². The van der Waals surface area contributed by atoms with Crippen molar-refractivity contribution in [1.29, 1.82) is 0 Å². The first-order valence-electron chi connectivity index (χ1n) is 23.6. The van der Waals surface area contributed by atoms with Gasteiger partial charge < -0.3 is 34.1 Å². The first kappa shape index (κ1) is 45.1. The summed E-state index contributed by atoms with van der Waals surface area (Å²) in [7, 11) is -2.47. The van der Waals surface area contributed by atoms with Crippen LogP contribution in [0.4, 0.5) is 10.7 Å². The van der Waals surface area contributed by atoms with E-state index in [1.165, 1.54) is 10.8 Å². The van der Waals surface area contributed by atoms with E-state index in [1.807, 2.05) is 50.2 Å². The molecule has 2 N–H and O–H groups in total. The summed E-state index contributed by atoms with van der Waals surface area (Å²) < 4.78 is 56.4. The first-order valence-corrected chi connectivity index (χ1v) is 25.0. The zero-order valence-corrected chi connectivity index (χ0v) is 39.3. The highest BCUT2D eigenvalue weighted by atomic mass is 32.2. The van der Waals surface area contributed by atoms with Gasteiger partial charge in [-0.15, -0.1) is 0 Å². The van der Waals surface area contributed by atoms with Gasteiger partial charge in [0, 0.05) is 74.6 Å². The highest BCUT2D eigenvalue weighted by Gasteiger charge is 2.46. The predicted molar refractivity (Wildman–Crippen MR) is 255 cm³/mol. The second kappa shape index (κ2) is 18.1. The van der Waals surface area contributed by atoms with Gasteiger partial charge in [-0.05, 0) is 113 Å². The molecule has 352 valence electrons. The summed E-state index contributed by atoms with van der Waals surface area (Å²) in [6, 6.07) is 24.8. The average Bonchev–Trinajstić information content (AvgIpc) is 4.04. The van der Waals surface area contributed by atoms with E-state index in [0.29, 0.717) is 40.8 Å². The Morgan fingerprint density at radius 2 is 1.66 bits per heavy atom. The number of nitrogens with two attached hydrogens (primary N) is 1. The van der Waals surface area contributed by atoms with Crippen molar-refractivity contribution < 1.29 is 32.2 Å². The molecular weight excluding hydrogens is 871 g/mol. The van der Waals surface area contributed by atoms with Crippen molar-refractivity contribution in [3.8, 4) is 11.1 Å². The van der Waals surface area contributed by atoms with E-state index in [0.717, 1.165) is 110 Å². The largest absolute Gasteiger partial charge is 0.443 e. The van der Waals surface area contributed by atoms with Crippen LogP contribution in [0, 0.1) is 6.92 Å². The molecule has 4 fully saturated rings. The predicted octanol–water partition coefficient (Wildman–Crippen LogP) is 7.38. The fraction of sp³-hybridized carbons (Fsp3) is 0.451. The lowest BCUT2D eigenvalue weighted by Gasteiger charge is -2.44. The van der Waals surface area contributed by atoms with Crippen LogP contribution in [0.25, 0.3) is 32.9 Å². The number of primary amides is 1. The SMILES string of the molecule is Cc1ccc(S(=O)(=O)n2ccc3c(-c4ccc5nc(N6CCC(N7CCC(C)(OC(N)=O)CC7)CC6)nc(C(COC6CCCCO6)(OC6CC6)c6ccccc6)c5c4)cn(C)c(=O)c32)cc1. The monoisotopic (exact) mass is 929 g/mol. The van der Waals surface area contributed by atoms with Crippen LogP contribution in [0.3, 0.4) is 0 Å². The van der Waals surface area contributed by atoms with Gasteiger partial charge >= 0.3 is 6.09 Å². The van der Waals surface area contributed by atoms with Crippen LogP contribution in [0.5, 0.6) is 0 Å². The van der Waals surface area contributed by atoms with Crippen LogP contribution in [-0.4, -0.2) is 101 Å². The minimum Gasteiger partial charge on any atom is -0.443 e. The summed E-state index contributed by atoms with van der Waals surface area (Å²) in [6.07, 6.45) is 9.97. The number of nitrogens with zero attached hydrogens (tertiary/aromatic N) is 6. The second-order valence-corrected chi connectivity index (χ2v) is 20.8. The van der Waals surface area contributed by atoms with E-state index in [1.54, 1.807) is 43.6 Å². The molecule has 1 amide bonds. The van der Waals surface area contributed by atoms with Gasteiger partial charge in [0.2, 0.25) is 5.95 Å². The third-order valence-corrected chi connectivity index (χ3v) is 15.8. The van der Waals surface area contributed by atoms with Crippen molar-refractivity contribution in [2.45, 2.75) is 106 Å². The quantitative estimate of drug-likeness (QED) is 0.122. The number of carbonyl (C=O) groups is 1. The number of aromatic nitrogens is 4. The molecule has 67 heavy (non-hydrogen) atoms. The van der Waals surface area contributed by atoms with Gasteiger partial charge in [-0.3, -0.25) is 9.69 Å². The van der Waals surface area contributed by atoms with Crippen LogP contribution in [0.1, 0.15) is 81.5 Å². The number of hydrogen-bond donors (Lipinski definition) is 1. The Balaban J connectivity index is 1.08. The Bertz CT molecular complexity index is 2950. The van der Waals surface area contributed by atoms with Crippen molar-refractivity contribution in [2.75, 3.05) is 44.3 Å². The summed E-state index contributed by atoms with van der Waals surface area (Å²) >= 11 is 0. The normalized spacial score (nSPS) is 20.5. The molecule has 2 atom stereocenters. The van der Waals surface area contributed by atoms with Gasteiger partial charge in [-0.25, -0.2) is 27.2 Å². The number of aryl methyl sites for hydroxylation is 2. The van der Waals surface area contributed by atoms with Crippen LogP contribution in [0.2, 0.25) is 0 Å². The van der Waals surface area contributed by atoms with Gasteiger partial charge in [-0.2, -0.15) is 0 Å². The highest BCUT2D eigenvalue weighted by molar-refractivity contribution is 7.90. The molecular formula is C51H59N7O8S. The standard InChI is InChI=1S/C51H59N7O8S/c1-34-12-17-39(18-13-34)67(61,62)58-27-22-40-42(32-55(3)47(59)45(40)58)35-14-19-43-41(31-35)46(51(65-38-15-16-38,36-9-5-4-6-10-36)33-64-44-11-7-8-30-63-44)54-49(53-43)57-25-20-37(21-26-57)56-28-23-50(2,24-29-56)66-48(52)60/h4-6,9-10,12-14,17-19,22,27,31-32,37-38,44H,7-8,11,15-16,20-21,23-26,28-30,33H2,1-3H3,(H2,52,60). The van der Waals surface area contributed by atoms with Crippen LogP contribution >= 0.6 is 0 Å². The lowest BCUT2D eigenvalue weighted by atomic mass is 9.87. The number of ether oxygens (including phenoxy) is 4. The van der Waals surface area contributed by atoms with E-state index < -0.39 is 39.2 Å². The molecule has 3 aliphatic heterocycles. The first-order chi connectivity index (χ1) is 32.3. The summed E-state index contributed by atoms with van der Waals surface area (Å²) in [5, 5.41) is 1.25. The molecule has 4 aliphatic rings. The second-order valence-electron chi connectivity index (χ2n) is 19.0. The molecule has 15 nitrogen and oxygen atoms in total. The summed E-state index contributed by atoms with van der Waals surface area (Å²) in [5.41, 5.74) is 7.93. The summed E-state index contributed by atoms with van der Waals surface area (Å²) in [6.45, 7) is 7.77. The van der Waals surface area contributed by atoms with Crippen LogP contribution < -0.4 is 16.2 Å². The molecule has 0 bridgehead atoms. The lowest BCUT2D eigenvalue weighted by Crippen LogP contribution is -2.52. The van der Waals surface area contributed by atoms with E-state index in [9.17, 15) is 18.0 Å². The number of piperidine rings is 2. The molecule has 10 rings (SSSR count). The van der Waals surface area contributed by atoms with E-state index in [4.69, 9.17) is 34.6 Å². The van der Waals surface area contributed by atoms with Crippen molar-refractivity contribution >= 4 is 43.9 Å². The molecule has 0 radical (unpaired) electrons. The minimum absolute atomic E-state index is 0.0123. The number of amides is 1. The average molecular weight is 930 g/mol. The van der Waals surface area contributed by atoms with E-state index in [2.05, 4.69) is 21.9 Å². The van der Waals surface area contributed by atoms with Crippen LogP contribution in [0.15, 0.2) is 101 Å². The maximum atomic E-state index is 14.1. The van der Waals surface area contributed by atoms with Crippen molar-refractivity contribution in [2.24, 2.45) is 12.8 Å². The summed E-state index contributed by atoms with van der Waals surface area (Å²) in [4.78, 5) is 41.2. The third kappa shape index (κ3) is 8.97. The number of pyridine rings is 1. The fourth-order valence-electron chi connectivity index (χ4n) is 10.1. The summed E-state index contributed by atoms with van der Waals surface area (Å²) in [5.74, 6) is 0.603. The van der Waals surface area contributed by atoms with E-state index in [-0.39, 0.29) is 23.1 Å². The Kier molecular flexibility index (Phi) is 12.2. The molecule has 0 spiro atoms. The minimum atomic E-state index is -4.11. The third-order valence-electron chi connectivity index (χ3n) is 14.2. The van der Waals surface area contributed by atoms with Crippen molar-refractivity contribution in [3.05, 3.63) is 118 Å². The molecule has 3 aromatic heterocycles. The zero-order valence-electron chi connectivity index (χ0n) is 38.4. The smallest absolute Gasteiger partial charge is 0.405 e. The lowest BCUT2D eigenvalue weighted by molar-refractivity contribution is -0.197. The van der Waals surface area contributed by atoms with Gasteiger partial charge in [-0.1, -0.05) is 54.1 Å². The van der Waals surface area contributed by atoms with Crippen molar-refractivity contribution in [1.82, 2.24) is 23.4 Å². The van der Waals surface area contributed by atoms with Crippen molar-refractivity contribution in [3.63, 3.8) is 0 Å². The molecule has 1 saturated carbocycles. The number of likely N-dealkylation sites (tertiary alicyclic amines) is 1. The molecule has 6 aromatic rings. The number of carbonyl (C=O) groups excluding carboxylic acids is 1. The molecule has 6 heterocycles. The Morgan fingerprint density at radius 1 is 0.910 bits per heavy atom. The Labute approximate surface area is 390 Å². The number of hydrogen-bond acceptors (Lipinski definition) is 12.